The molecule has 2 aromatic rings. The van der Waals surface area contributed by atoms with Gasteiger partial charge in [-0.3, -0.25) is 14.4 Å². The predicted molar refractivity (Wildman–Crippen MR) is 112 cm³/mol. The van der Waals surface area contributed by atoms with Gasteiger partial charge < -0.3 is 4.90 Å². The quantitative estimate of drug-likeness (QED) is 0.771. The van der Waals surface area contributed by atoms with Gasteiger partial charge in [0.05, 0.1) is 29.1 Å². The van der Waals surface area contributed by atoms with Crippen LogP contribution in [-0.4, -0.2) is 61.5 Å². The van der Waals surface area contributed by atoms with Crippen molar-refractivity contribution in [3.8, 4) is 0 Å². The van der Waals surface area contributed by atoms with Gasteiger partial charge in [-0.25, -0.2) is 13.4 Å². The van der Waals surface area contributed by atoms with Crippen LogP contribution in [0.3, 0.4) is 0 Å². The van der Waals surface area contributed by atoms with Gasteiger partial charge in [0.2, 0.25) is 15.9 Å². The van der Waals surface area contributed by atoms with E-state index in [2.05, 4.69) is 20.0 Å². The van der Waals surface area contributed by atoms with Crippen LogP contribution < -0.4 is 4.72 Å². The second-order valence-corrected chi connectivity index (χ2v) is 9.89. The van der Waals surface area contributed by atoms with Crippen LogP contribution in [0, 0.1) is 6.92 Å². The number of nitrogens with zero attached hydrogens (tertiary/aromatic N) is 3. The summed E-state index contributed by atoms with van der Waals surface area (Å²) in [7, 11) is -3.39. The lowest BCUT2D eigenvalue weighted by atomic mass is 10.1. The van der Waals surface area contributed by atoms with E-state index in [9.17, 15) is 13.2 Å². The Balaban J connectivity index is 1.59. The number of benzene rings is 1. The Bertz CT molecular complexity index is 927. The number of hydrogen-bond donors (Lipinski definition) is 1. The highest BCUT2D eigenvalue weighted by Gasteiger charge is 2.21. The van der Waals surface area contributed by atoms with Crippen LogP contribution in [0.5, 0.6) is 0 Å². The van der Waals surface area contributed by atoms with E-state index in [0.717, 1.165) is 43.0 Å². The van der Waals surface area contributed by atoms with Crippen LogP contribution in [-0.2, 0) is 27.8 Å². The van der Waals surface area contributed by atoms with Gasteiger partial charge in [-0.05, 0) is 25.0 Å². The van der Waals surface area contributed by atoms with Crippen LogP contribution in [0.2, 0.25) is 0 Å². The van der Waals surface area contributed by atoms with Crippen molar-refractivity contribution in [2.24, 2.45) is 0 Å². The van der Waals surface area contributed by atoms with E-state index >= 15 is 0 Å². The lowest BCUT2D eigenvalue weighted by Crippen LogP contribution is -2.36. The molecule has 9 heteroatoms. The van der Waals surface area contributed by atoms with Gasteiger partial charge in [0.25, 0.3) is 0 Å². The van der Waals surface area contributed by atoms with Crippen LogP contribution >= 0.6 is 11.3 Å². The Hall–Kier alpha value is -1.97. The molecule has 0 spiro atoms. The molecule has 0 bridgehead atoms. The number of nitrogens with one attached hydrogen (secondary N) is 1. The molecular formula is C19H26N4O3S2. The van der Waals surface area contributed by atoms with Crippen LogP contribution in [0.1, 0.15) is 22.7 Å². The van der Waals surface area contributed by atoms with Crippen molar-refractivity contribution in [1.29, 1.82) is 0 Å². The van der Waals surface area contributed by atoms with Crippen LogP contribution in [0.4, 0.5) is 5.69 Å². The molecule has 1 aliphatic heterocycles. The van der Waals surface area contributed by atoms with Crippen molar-refractivity contribution in [3.63, 3.8) is 0 Å². The summed E-state index contributed by atoms with van der Waals surface area (Å²) in [6.07, 6.45) is 2.21. The van der Waals surface area contributed by atoms with Crippen molar-refractivity contribution < 1.29 is 13.2 Å². The van der Waals surface area contributed by atoms with Crippen molar-refractivity contribution >= 4 is 33.0 Å². The third-order valence-corrected chi connectivity index (χ3v) is 6.06. The Kier molecular flexibility index (Phi) is 6.69. The highest BCUT2D eigenvalue weighted by Crippen LogP contribution is 2.19. The SMILES string of the molecule is Cc1nc(CN2CCCN(C(=O)Cc3ccccc3NS(C)(=O)=O)CC2)cs1. The van der Waals surface area contributed by atoms with Crippen LogP contribution in [0.25, 0.3) is 0 Å². The topological polar surface area (TPSA) is 82.6 Å². The van der Waals surface area contributed by atoms with Gasteiger partial charge in [-0.15, -0.1) is 11.3 Å². The van der Waals surface area contributed by atoms with Gasteiger partial charge in [0.15, 0.2) is 0 Å². The summed E-state index contributed by atoms with van der Waals surface area (Å²) in [4.78, 5) is 21.6. The third kappa shape index (κ3) is 6.02. The molecule has 1 aromatic heterocycles. The van der Waals surface area contributed by atoms with Crippen molar-refractivity contribution in [2.45, 2.75) is 26.3 Å². The number of carbonyl (C=O) groups is 1. The molecule has 28 heavy (non-hydrogen) atoms. The summed E-state index contributed by atoms with van der Waals surface area (Å²) in [6, 6.07) is 7.05. The molecule has 7 nitrogen and oxygen atoms in total. The number of amides is 1. The number of hydrogen-bond acceptors (Lipinski definition) is 6. The fourth-order valence-corrected chi connectivity index (χ4v) is 4.54. The summed E-state index contributed by atoms with van der Waals surface area (Å²) in [5.41, 5.74) is 2.24. The molecular weight excluding hydrogens is 396 g/mol. The average Bonchev–Trinajstić information content (AvgIpc) is 2.88. The summed E-state index contributed by atoms with van der Waals surface area (Å²) >= 11 is 1.66. The zero-order valence-electron chi connectivity index (χ0n) is 16.2. The molecule has 0 radical (unpaired) electrons. The summed E-state index contributed by atoms with van der Waals surface area (Å²) in [6.45, 7) is 5.95. The maximum Gasteiger partial charge on any atom is 0.229 e. The Labute approximate surface area is 170 Å². The first-order valence-electron chi connectivity index (χ1n) is 9.27. The number of anilines is 1. The zero-order valence-corrected chi connectivity index (χ0v) is 17.9. The van der Waals surface area contributed by atoms with Crippen molar-refractivity contribution in [3.05, 3.63) is 45.9 Å². The largest absolute Gasteiger partial charge is 0.341 e. The van der Waals surface area contributed by atoms with Gasteiger partial charge in [-0.2, -0.15) is 0 Å². The third-order valence-electron chi connectivity index (χ3n) is 4.65. The smallest absolute Gasteiger partial charge is 0.229 e. The van der Waals surface area contributed by atoms with Gasteiger partial charge >= 0.3 is 0 Å². The molecule has 152 valence electrons. The molecule has 0 atom stereocenters. The molecule has 1 aliphatic rings. The highest BCUT2D eigenvalue weighted by molar-refractivity contribution is 7.92. The minimum absolute atomic E-state index is 0.0223. The first-order chi connectivity index (χ1) is 13.3. The number of aromatic nitrogens is 1. The molecule has 1 saturated heterocycles. The Morgan fingerprint density at radius 3 is 2.71 bits per heavy atom. The molecule has 1 amide bonds. The van der Waals surface area contributed by atoms with E-state index in [1.165, 1.54) is 0 Å². The first kappa shape index (κ1) is 20.8. The molecule has 3 rings (SSSR count). The number of carbonyl (C=O) groups excluding carboxylic acids is 1. The monoisotopic (exact) mass is 422 g/mol. The zero-order chi connectivity index (χ0) is 20.1. The predicted octanol–water partition coefficient (Wildman–Crippen LogP) is 2.10. The van der Waals surface area contributed by atoms with E-state index in [4.69, 9.17) is 0 Å². The van der Waals surface area contributed by atoms with E-state index in [1.807, 2.05) is 17.9 Å². The first-order valence-corrected chi connectivity index (χ1v) is 12.0. The van der Waals surface area contributed by atoms with E-state index < -0.39 is 10.0 Å². The molecule has 1 aromatic carbocycles. The second kappa shape index (κ2) is 9.02. The van der Waals surface area contributed by atoms with E-state index in [0.29, 0.717) is 24.3 Å². The number of sulfonamides is 1. The lowest BCUT2D eigenvalue weighted by molar-refractivity contribution is -0.130. The van der Waals surface area contributed by atoms with Gasteiger partial charge in [0, 0.05) is 38.1 Å². The molecule has 1 N–H and O–H groups in total. The average molecular weight is 423 g/mol. The van der Waals surface area contributed by atoms with Crippen molar-refractivity contribution in [2.75, 3.05) is 37.2 Å². The van der Waals surface area contributed by atoms with Gasteiger partial charge in [0.1, 0.15) is 0 Å². The Morgan fingerprint density at radius 2 is 2.00 bits per heavy atom. The van der Waals surface area contributed by atoms with Gasteiger partial charge in [-0.1, -0.05) is 18.2 Å². The highest BCUT2D eigenvalue weighted by atomic mass is 32.2. The van der Waals surface area contributed by atoms with E-state index in [-0.39, 0.29) is 12.3 Å². The summed E-state index contributed by atoms with van der Waals surface area (Å²) in [5, 5.41) is 3.16. The maximum atomic E-state index is 12.8. The maximum absolute atomic E-state index is 12.8. The normalized spacial score (nSPS) is 16.0. The standard InChI is InChI=1S/C19H26N4O3S2/c1-15-20-17(14-27-15)13-22-8-5-9-23(11-10-22)19(24)12-16-6-3-4-7-18(16)21-28(2,25)26/h3-4,6-7,14,21H,5,8-13H2,1-2H3. The fraction of sp³-hybridized carbons (Fsp3) is 0.474. The summed E-state index contributed by atoms with van der Waals surface area (Å²) < 4.78 is 25.6. The minimum atomic E-state index is -3.39. The molecule has 0 saturated carbocycles. The Morgan fingerprint density at radius 1 is 1.21 bits per heavy atom. The second-order valence-electron chi connectivity index (χ2n) is 7.08. The van der Waals surface area contributed by atoms with Crippen LogP contribution in [0.15, 0.2) is 29.6 Å². The molecule has 0 unspecified atom stereocenters. The fourth-order valence-electron chi connectivity index (χ4n) is 3.34. The number of rotatable bonds is 6. The molecule has 0 aliphatic carbocycles. The number of thiazole rings is 1. The minimum Gasteiger partial charge on any atom is -0.341 e. The van der Waals surface area contributed by atoms with Crippen molar-refractivity contribution in [1.82, 2.24) is 14.8 Å². The molecule has 2 heterocycles. The molecule has 1 fully saturated rings. The number of para-hydroxylation sites is 1. The number of aryl methyl sites for hydroxylation is 1. The summed E-state index contributed by atoms with van der Waals surface area (Å²) in [5.74, 6) is 0.0223. The lowest BCUT2D eigenvalue weighted by Gasteiger charge is -2.22. The van der Waals surface area contributed by atoms with E-state index in [1.54, 1.807) is 29.5 Å².